The van der Waals surface area contributed by atoms with Gasteiger partial charge in [-0.1, -0.05) is 0 Å². The predicted molar refractivity (Wildman–Crippen MR) is 41.1 cm³/mol. The largest absolute Gasteiger partial charge is 0.480 e. The Morgan fingerprint density at radius 3 is 1.92 bits per heavy atom. The van der Waals surface area contributed by atoms with Crippen LogP contribution < -0.4 is 0 Å². The lowest BCUT2D eigenvalue weighted by molar-refractivity contribution is -0.157. The molecule has 0 unspecified atom stereocenters. The summed E-state index contributed by atoms with van der Waals surface area (Å²) in [7, 11) is 0. The van der Waals surface area contributed by atoms with Gasteiger partial charge in [0.1, 0.15) is 0 Å². The Morgan fingerprint density at radius 2 is 1.62 bits per heavy atom. The van der Waals surface area contributed by atoms with Crippen LogP contribution in [-0.2, 0) is 14.4 Å². The van der Waals surface area contributed by atoms with Crippen LogP contribution in [0.15, 0.2) is 0 Å². The molecular formula is C8H10O5. The number of hydrogen-bond acceptors (Lipinski definition) is 3. The Morgan fingerprint density at radius 1 is 1.15 bits per heavy atom. The van der Waals surface area contributed by atoms with Gasteiger partial charge in [-0.2, -0.15) is 0 Å². The minimum absolute atomic E-state index is 0.0866. The Bertz CT molecular complexity index is 239. The topological polar surface area (TPSA) is 91.7 Å². The van der Waals surface area contributed by atoms with Gasteiger partial charge in [0.25, 0.3) is 0 Å². The van der Waals surface area contributed by atoms with Gasteiger partial charge >= 0.3 is 11.9 Å². The van der Waals surface area contributed by atoms with Crippen molar-refractivity contribution in [1.29, 1.82) is 0 Å². The Labute approximate surface area is 74.4 Å². The number of rotatable bonds is 5. The fraction of sp³-hybridized carbons (Fsp3) is 0.625. The highest BCUT2D eigenvalue weighted by molar-refractivity contribution is 6.13. The van der Waals surface area contributed by atoms with E-state index in [1.54, 1.807) is 0 Å². The summed E-state index contributed by atoms with van der Waals surface area (Å²) in [5.41, 5.74) is 0. The molecule has 1 aliphatic carbocycles. The van der Waals surface area contributed by atoms with Crippen LogP contribution in [0.3, 0.4) is 0 Å². The second-order valence-corrected chi connectivity index (χ2v) is 3.22. The van der Waals surface area contributed by atoms with Crippen LogP contribution in [0.25, 0.3) is 0 Å². The van der Waals surface area contributed by atoms with Crippen molar-refractivity contribution in [3.05, 3.63) is 0 Å². The molecule has 1 aliphatic rings. The second-order valence-electron chi connectivity index (χ2n) is 3.22. The van der Waals surface area contributed by atoms with E-state index in [4.69, 9.17) is 10.2 Å². The summed E-state index contributed by atoms with van der Waals surface area (Å²) >= 11 is 0. The van der Waals surface area contributed by atoms with Crippen molar-refractivity contribution in [3.8, 4) is 0 Å². The van der Waals surface area contributed by atoms with E-state index in [2.05, 4.69) is 0 Å². The molecule has 0 amide bonds. The standard InChI is InChI=1S/C8H10O5/c9-5(3-4-1-2-4)6(7(10)11)8(12)13/h4,6H,1-3H2,(H,10,11)(H,12,13). The summed E-state index contributed by atoms with van der Waals surface area (Å²) in [6.45, 7) is 0. The number of carboxylic acids is 2. The highest BCUT2D eigenvalue weighted by Gasteiger charge is 2.36. The molecule has 0 saturated heterocycles. The van der Waals surface area contributed by atoms with E-state index in [0.29, 0.717) is 0 Å². The summed E-state index contributed by atoms with van der Waals surface area (Å²) in [4.78, 5) is 31.9. The SMILES string of the molecule is O=C(O)C(C(=O)O)C(=O)CC1CC1. The number of carbonyl (C=O) groups is 3. The fourth-order valence-corrected chi connectivity index (χ4v) is 1.11. The lowest BCUT2D eigenvalue weighted by Crippen LogP contribution is -2.31. The monoisotopic (exact) mass is 186 g/mol. The molecule has 0 aromatic heterocycles. The van der Waals surface area contributed by atoms with E-state index in [-0.39, 0.29) is 12.3 Å². The molecule has 2 N–H and O–H groups in total. The second kappa shape index (κ2) is 3.55. The molecule has 13 heavy (non-hydrogen) atoms. The average molecular weight is 186 g/mol. The first-order valence-electron chi connectivity index (χ1n) is 4.00. The highest BCUT2D eigenvalue weighted by atomic mass is 16.4. The maximum absolute atomic E-state index is 11.1. The van der Waals surface area contributed by atoms with Gasteiger partial charge in [-0.15, -0.1) is 0 Å². The van der Waals surface area contributed by atoms with Gasteiger partial charge in [-0.05, 0) is 18.8 Å². The van der Waals surface area contributed by atoms with Crippen molar-refractivity contribution >= 4 is 17.7 Å². The molecule has 1 rings (SSSR count). The van der Waals surface area contributed by atoms with E-state index in [1.807, 2.05) is 0 Å². The van der Waals surface area contributed by atoms with Crippen molar-refractivity contribution in [1.82, 2.24) is 0 Å². The molecule has 0 bridgehead atoms. The van der Waals surface area contributed by atoms with E-state index in [0.717, 1.165) is 12.8 Å². The van der Waals surface area contributed by atoms with Crippen LogP contribution in [-0.4, -0.2) is 27.9 Å². The van der Waals surface area contributed by atoms with E-state index < -0.39 is 23.6 Å². The number of carboxylic acid groups (broad SMARTS) is 2. The predicted octanol–water partition coefficient (Wildman–Crippen LogP) is 0.141. The molecule has 0 aromatic rings. The fourth-order valence-electron chi connectivity index (χ4n) is 1.11. The lowest BCUT2D eigenvalue weighted by atomic mass is 10.0. The van der Waals surface area contributed by atoms with Crippen molar-refractivity contribution in [2.45, 2.75) is 19.3 Å². The van der Waals surface area contributed by atoms with E-state index in [9.17, 15) is 14.4 Å². The molecule has 0 aromatic carbocycles. The quantitative estimate of drug-likeness (QED) is 0.596. The molecule has 1 fully saturated rings. The first-order chi connectivity index (χ1) is 6.02. The van der Waals surface area contributed by atoms with Gasteiger partial charge in [0.05, 0.1) is 0 Å². The Kier molecular flexibility index (Phi) is 2.65. The number of carbonyl (C=O) groups excluding carboxylic acids is 1. The summed E-state index contributed by atoms with van der Waals surface area (Å²) in [6, 6.07) is 0. The van der Waals surface area contributed by atoms with Gasteiger partial charge in [-0.25, -0.2) is 0 Å². The van der Waals surface area contributed by atoms with Crippen LogP contribution in [0.2, 0.25) is 0 Å². The summed E-state index contributed by atoms with van der Waals surface area (Å²) in [5.74, 6) is -5.49. The van der Waals surface area contributed by atoms with Crippen molar-refractivity contribution in [2.24, 2.45) is 11.8 Å². The smallest absolute Gasteiger partial charge is 0.325 e. The first-order valence-corrected chi connectivity index (χ1v) is 4.00. The van der Waals surface area contributed by atoms with Crippen LogP contribution in [0, 0.1) is 11.8 Å². The normalized spacial score (nSPS) is 15.8. The molecule has 0 heterocycles. The Balaban J connectivity index is 2.57. The third-order valence-corrected chi connectivity index (χ3v) is 2.00. The molecule has 5 nitrogen and oxygen atoms in total. The molecular weight excluding hydrogens is 176 g/mol. The number of Topliss-reactive ketones (excluding diaryl/α,β-unsaturated/α-hetero) is 1. The first kappa shape index (κ1) is 9.70. The van der Waals surface area contributed by atoms with Crippen molar-refractivity contribution < 1.29 is 24.6 Å². The third kappa shape index (κ3) is 2.54. The van der Waals surface area contributed by atoms with Gasteiger partial charge in [0.2, 0.25) is 5.92 Å². The molecule has 0 aliphatic heterocycles. The average Bonchev–Trinajstić information content (AvgIpc) is 2.68. The summed E-state index contributed by atoms with van der Waals surface area (Å²) < 4.78 is 0. The minimum Gasteiger partial charge on any atom is -0.480 e. The third-order valence-electron chi connectivity index (χ3n) is 2.00. The van der Waals surface area contributed by atoms with E-state index >= 15 is 0 Å². The summed E-state index contributed by atoms with van der Waals surface area (Å²) in [6.07, 6.45) is 1.89. The number of aliphatic carboxylic acids is 2. The Hall–Kier alpha value is -1.39. The lowest BCUT2D eigenvalue weighted by Gasteiger charge is -2.04. The maximum atomic E-state index is 11.1. The van der Waals surface area contributed by atoms with Crippen molar-refractivity contribution in [3.63, 3.8) is 0 Å². The zero-order valence-electron chi connectivity index (χ0n) is 6.90. The zero-order chi connectivity index (χ0) is 10.0. The molecule has 1 saturated carbocycles. The molecule has 5 heteroatoms. The highest BCUT2D eigenvalue weighted by Crippen LogP contribution is 2.33. The van der Waals surface area contributed by atoms with Crippen LogP contribution in [0.1, 0.15) is 19.3 Å². The van der Waals surface area contributed by atoms with Gasteiger partial charge in [0.15, 0.2) is 5.78 Å². The number of hydrogen-bond donors (Lipinski definition) is 2. The maximum Gasteiger partial charge on any atom is 0.325 e. The minimum atomic E-state index is -1.87. The van der Waals surface area contributed by atoms with Crippen LogP contribution >= 0.6 is 0 Å². The van der Waals surface area contributed by atoms with Crippen LogP contribution in [0.5, 0.6) is 0 Å². The summed E-state index contributed by atoms with van der Waals surface area (Å²) in [5, 5.41) is 16.9. The molecule has 0 spiro atoms. The van der Waals surface area contributed by atoms with Gasteiger partial charge < -0.3 is 10.2 Å². The number of ketones is 1. The van der Waals surface area contributed by atoms with Crippen molar-refractivity contribution in [2.75, 3.05) is 0 Å². The molecule has 72 valence electrons. The molecule has 0 radical (unpaired) electrons. The molecule has 0 atom stereocenters. The zero-order valence-corrected chi connectivity index (χ0v) is 6.90. The van der Waals surface area contributed by atoms with Gasteiger partial charge in [0, 0.05) is 6.42 Å². The van der Waals surface area contributed by atoms with E-state index in [1.165, 1.54) is 0 Å². The van der Waals surface area contributed by atoms with Crippen LogP contribution in [0.4, 0.5) is 0 Å². The van der Waals surface area contributed by atoms with Gasteiger partial charge in [-0.3, -0.25) is 14.4 Å².